The Kier molecular flexibility index (Phi) is 9.28. The van der Waals surface area contributed by atoms with Crippen LogP contribution in [0.1, 0.15) is 33.4 Å². The maximum atomic E-state index is 9.28. The Morgan fingerprint density at radius 3 is 2.45 bits per heavy atom. The molecule has 4 aromatic rings. The van der Waals surface area contributed by atoms with Gasteiger partial charge in [0, 0.05) is 31.3 Å². The van der Waals surface area contributed by atoms with Crippen LogP contribution < -0.4 is 24.7 Å². The second kappa shape index (κ2) is 13.4. The van der Waals surface area contributed by atoms with E-state index in [4.69, 9.17) is 24.7 Å². The van der Waals surface area contributed by atoms with E-state index >= 15 is 0 Å². The second-order valence-electron chi connectivity index (χ2n) is 10.6. The van der Waals surface area contributed by atoms with Gasteiger partial charge in [-0.05, 0) is 84.6 Å². The van der Waals surface area contributed by atoms with E-state index < -0.39 is 0 Å². The van der Waals surface area contributed by atoms with E-state index in [0.717, 1.165) is 68.5 Å². The highest BCUT2D eigenvalue weighted by molar-refractivity contribution is 5.71. The highest BCUT2D eigenvalue weighted by Crippen LogP contribution is 2.37. The number of ether oxygens (including phenoxy) is 4. The van der Waals surface area contributed by atoms with E-state index in [0.29, 0.717) is 45.1 Å². The molecule has 2 N–H and O–H groups in total. The van der Waals surface area contributed by atoms with Gasteiger partial charge in [0.05, 0.1) is 11.6 Å². The number of benzene rings is 4. The van der Waals surface area contributed by atoms with Crippen LogP contribution in [0.2, 0.25) is 0 Å². The Morgan fingerprint density at radius 1 is 0.857 bits per heavy atom. The number of hydrogen-bond acceptors (Lipinski definition) is 7. The summed E-state index contributed by atoms with van der Waals surface area (Å²) in [6.07, 6.45) is 0. The molecule has 0 aliphatic carbocycles. The third-order valence-corrected chi connectivity index (χ3v) is 7.44. The molecule has 7 heteroatoms. The molecule has 0 amide bonds. The number of likely N-dealkylation sites (N-methyl/N-ethyl adjacent to an activating group) is 1. The number of hydrogen-bond donors (Lipinski definition) is 1. The topological polar surface area (TPSA) is 90.0 Å². The molecule has 216 valence electrons. The molecule has 0 fully saturated rings. The van der Waals surface area contributed by atoms with Gasteiger partial charge in [0.2, 0.25) is 0 Å². The van der Waals surface area contributed by atoms with Gasteiger partial charge in [0.15, 0.2) is 11.5 Å². The molecule has 0 saturated carbocycles. The highest BCUT2D eigenvalue weighted by atomic mass is 16.6. The third kappa shape index (κ3) is 6.85. The molecule has 0 bridgehead atoms. The zero-order valence-electron chi connectivity index (χ0n) is 24.5. The van der Waals surface area contributed by atoms with Crippen LogP contribution in [-0.4, -0.2) is 38.3 Å². The van der Waals surface area contributed by atoms with Gasteiger partial charge in [-0.15, -0.1) is 0 Å². The quantitative estimate of drug-likeness (QED) is 0.234. The largest absolute Gasteiger partial charge is 0.488 e. The zero-order valence-corrected chi connectivity index (χ0v) is 24.5. The van der Waals surface area contributed by atoms with E-state index in [9.17, 15) is 5.26 Å². The summed E-state index contributed by atoms with van der Waals surface area (Å²) in [5.74, 6) is 3.08. The maximum Gasteiger partial charge on any atom is 0.161 e. The van der Waals surface area contributed by atoms with Crippen molar-refractivity contribution in [2.45, 2.75) is 33.6 Å². The fraction of sp³-hybridized carbons (Fsp3) is 0.286. The molecular weight excluding hydrogens is 526 g/mol. The van der Waals surface area contributed by atoms with E-state index in [1.165, 1.54) is 0 Å². The van der Waals surface area contributed by atoms with Crippen molar-refractivity contribution in [2.75, 3.05) is 33.4 Å². The Bertz CT molecular complexity index is 1590. The van der Waals surface area contributed by atoms with Gasteiger partial charge in [0.1, 0.15) is 37.9 Å². The first-order chi connectivity index (χ1) is 20.4. The Morgan fingerprint density at radius 2 is 1.64 bits per heavy atom. The molecule has 0 saturated heterocycles. The van der Waals surface area contributed by atoms with Crippen LogP contribution >= 0.6 is 0 Å². The molecule has 1 heterocycles. The Labute approximate surface area is 248 Å². The lowest BCUT2D eigenvalue weighted by molar-refractivity contribution is 0.171. The number of nitrogens with two attached hydrogens (primary N) is 1. The van der Waals surface area contributed by atoms with Gasteiger partial charge >= 0.3 is 0 Å². The molecule has 0 atom stereocenters. The molecule has 0 unspecified atom stereocenters. The lowest BCUT2D eigenvalue weighted by Gasteiger charge is -2.21. The number of nitriles is 1. The van der Waals surface area contributed by atoms with Crippen molar-refractivity contribution < 1.29 is 18.9 Å². The summed E-state index contributed by atoms with van der Waals surface area (Å²) < 4.78 is 24.2. The minimum absolute atomic E-state index is 0.350. The van der Waals surface area contributed by atoms with Crippen molar-refractivity contribution in [3.05, 3.63) is 106 Å². The SMILES string of the molecule is Cc1cc(CN(C)CCN)c(OCc2cccc(C#N)c2)cc1OCc1cccc(-c2ccc3c(c2)OCCO3)c1C. The van der Waals surface area contributed by atoms with Crippen LogP contribution in [0, 0.1) is 25.2 Å². The summed E-state index contributed by atoms with van der Waals surface area (Å²) in [5.41, 5.74) is 13.9. The van der Waals surface area contributed by atoms with Crippen molar-refractivity contribution in [1.82, 2.24) is 4.90 Å². The lowest BCUT2D eigenvalue weighted by atomic mass is 9.96. The minimum Gasteiger partial charge on any atom is -0.488 e. The summed E-state index contributed by atoms with van der Waals surface area (Å²) in [4.78, 5) is 2.17. The molecule has 1 aliphatic heterocycles. The standard InChI is InChI=1S/C35H37N3O4/c1-24-16-30(21-38(3)13-12-36)34(41-22-27-7-4-6-26(17-27)20-37)19-33(24)42-23-29-8-5-9-31(25(29)2)28-10-11-32-35(18-28)40-15-14-39-32/h4-11,16-19H,12-15,21-23,36H2,1-3H3. The summed E-state index contributed by atoms with van der Waals surface area (Å²) in [6.45, 7) is 8.13. The molecule has 5 rings (SSSR count). The fourth-order valence-corrected chi connectivity index (χ4v) is 5.14. The number of rotatable bonds is 11. The minimum atomic E-state index is 0.350. The van der Waals surface area contributed by atoms with Crippen molar-refractivity contribution >= 4 is 0 Å². The van der Waals surface area contributed by atoms with Gasteiger partial charge in [-0.25, -0.2) is 0 Å². The van der Waals surface area contributed by atoms with Gasteiger partial charge in [0.25, 0.3) is 0 Å². The molecule has 1 aliphatic rings. The van der Waals surface area contributed by atoms with Crippen molar-refractivity contribution in [3.63, 3.8) is 0 Å². The van der Waals surface area contributed by atoms with Crippen LogP contribution in [0.15, 0.2) is 72.8 Å². The summed E-state index contributed by atoms with van der Waals surface area (Å²) in [6, 6.07) is 26.1. The molecule has 0 radical (unpaired) electrons. The van der Waals surface area contributed by atoms with E-state index in [2.05, 4.69) is 55.1 Å². The average molecular weight is 564 g/mol. The second-order valence-corrected chi connectivity index (χ2v) is 10.6. The predicted molar refractivity (Wildman–Crippen MR) is 164 cm³/mol. The number of aryl methyl sites for hydroxylation is 1. The summed E-state index contributed by atoms with van der Waals surface area (Å²) in [5, 5.41) is 9.28. The number of fused-ring (bicyclic) bond motifs is 1. The van der Waals surface area contributed by atoms with Crippen LogP contribution in [0.5, 0.6) is 23.0 Å². The van der Waals surface area contributed by atoms with Gasteiger partial charge in [-0.1, -0.05) is 36.4 Å². The summed E-state index contributed by atoms with van der Waals surface area (Å²) >= 11 is 0. The van der Waals surface area contributed by atoms with Crippen LogP contribution in [0.3, 0.4) is 0 Å². The van der Waals surface area contributed by atoms with Gasteiger partial charge < -0.3 is 29.6 Å². The first-order valence-corrected chi connectivity index (χ1v) is 14.2. The molecule has 7 nitrogen and oxygen atoms in total. The monoisotopic (exact) mass is 563 g/mol. The number of nitrogens with zero attached hydrogens (tertiary/aromatic N) is 2. The van der Waals surface area contributed by atoms with Gasteiger partial charge in [-0.3, -0.25) is 0 Å². The van der Waals surface area contributed by atoms with Crippen LogP contribution in [0.25, 0.3) is 11.1 Å². The molecule has 4 aromatic carbocycles. The zero-order chi connectivity index (χ0) is 29.5. The molecule has 0 aromatic heterocycles. The average Bonchev–Trinajstić information content (AvgIpc) is 3.00. The molecule has 42 heavy (non-hydrogen) atoms. The first kappa shape index (κ1) is 29.0. The smallest absolute Gasteiger partial charge is 0.161 e. The fourth-order valence-electron chi connectivity index (χ4n) is 5.14. The van der Waals surface area contributed by atoms with Gasteiger partial charge in [-0.2, -0.15) is 5.26 Å². The Hall–Kier alpha value is -4.51. The van der Waals surface area contributed by atoms with Crippen molar-refractivity contribution in [3.8, 4) is 40.2 Å². The molecule has 0 spiro atoms. The molecular formula is C35H37N3O4. The predicted octanol–water partition coefficient (Wildman–Crippen LogP) is 6.16. The van der Waals surface area contributed by atoms with Crippen molar-refractivity contribution in [1.29, 1.82) is 5.26 Å². The lowest BCUT2D eigenvalue weighted by Crippen LogP contribution is -2.25. The highest BCUT2D eigenvalue weighted by Gasteiger charge is 2.16. The Balaban J connectivity index is 1.37. The van der Waals surface area contributed by atoms with E-state index in [1.54, 1.807) is 6.07 Å². The van der Waals surface area contributed by atoms with Crippen molar-refractivity contribution in [2.24, 2.45) is 5.73 Å². The maximum absolute atomic E-state index is 9.28. The van der Waals surface area contributed by atoms with E-state index in [1.807, 2.05) is 43.4 Å². The van der Waals surface area contributed by atoms with Crippen LogP contribution in [0.4, 0.5) is 0 Å². The first-order valence-electron chi connectivity index (χ1n) is 14.2. The third-order valence-electron chi connectivity index (χ3n) is 7.44. The van der Waals surface area contributed by atoms with Crippen LogP contribution in [-0.2, 0) is 19.8 Å². The van der Waals surface area contributed by atoms with E-state index in [-0.39, 0.29) is 0 Å². The normalized spacial score (nSPS) is 12.2. The summed E-state index contributed by atoms with van der Waals surface area (Å²) in [7, 11) is 2.05.